The van der Waals surface area contributed by atoms with Crippen LogP contribution in [0.15, 0.2) is 41.5 Å². The Morgan fingerprint density at radius 3 is 2.52 bits per heavy atom. The number of rotatable bonds is 5. The lowest BCUT2D eigenvalue weighted by Crippen LogP contribution is -2.44. The van der Waals surface area contributed by atoms with Crippen LogP contribution in [-0.4, -0.2) is 48.9 Å². The lowest BCUT2D eigenvalue weighted by atomic mass is 10.0. The van der Waals surface area contributed by atoms with Crippen molar-refractivity contribution in [3.8, 4) is 0 Å². The number of hydrogen-bond acceptors (Lipinski definition) is 4. The lowest BCUT2D eigenvalue weighted by Gasteiger charge is -2.33. The number of alkyl halides is 3. The number of azide groups is 1. The molecule has 1 fully saturated rings. The number of nitrogens with one attached hydrogen (secondary N) is 1. The van der Waals surface area contributed by atoms with Crippen LogP contribution < -0.4 is 5.32 Å². The predicted octanol–water partition coefficient (Wildman–Crippen LogP) is 4.96. The highest BCUT2D eigenvalue weighted by atomic mass is 19.4. The predicted molar refractivity (Wildman–Crippen MR) is 112 cm³/mol. The van der Waals surface area contributed by atoms with Crippen LogP contribution in [0.5, 0.6) is 0 Å². The topological polar surface area (TPSA) is 84.3 Å². The van der Waals surface area contributed by atoms with Gasteiger partial charge in [0.05, 0.1) is 5.56 Å². The van der Waals surface area contributed by atoms with E-state index in [1.807, 2.05) is 11.9 Å². The van der Waals surface area contributed by atoms with Crippen molar-refractivity contribution in [3.05, 3.63) is 69.1 Å². The number of carbonyl (C=O) groups is 1. The van der Waals surface area contributed by atoms with Crippen LogP contribution in [-0.2, 0) is 12.7 Å². The van der Waals surface area contributed by atoms with Gasteiger partial charge in [-0.25, -0.2) is 0 Å². The summed E-state index contributed by atoms with van der Waals surface area (Å²) in [5, 5.41) is 6.02. The van der Waals surface area contributed by atoms with E-state index in [4.69, 9.17) is 5.53 Å². The van der Waals surface area contributed by atoms with Crippen molar-refractivity contribution in [3.63, 3.8) is 0 Å². The van der Waals surface area contributed by atoms with E-state index in [0.717, 1.165) is 19.2 Å². The first-order valence-electron chi connectivity index (χ1n) is 9.75. The second-order valence-corrected chi connectivity index (χ2v) is 7.59. The summed E-state index contributed by atoms with van der Waals surface area (Å²) in [5.41, 5.74) is 9.23. The van der Waals surface area contributed by atoms with Crippen LogP contribution >= 0.6 is 0 Å². The first-order chi connectivity index (χ1) is 14.7. The first kappa shape index (κ1) is 22.6. The number of anilines is 1. The zero-order valence-corrected chi connectivity index (χ0v) is 17.3. The van der Waals surface area contributed by atoms with E-state index < -0.39 is 17.6 Å². The van der Waals surface area contributed by atoms with Gasteiger partial charge in [0.1, 0.15) is 0 Å². The first-order valence-corrected chi connectivity index (χ1v) is 9.75. The normalized spacial score (nSPS) is 15.4. The van der Waals surface area contributed by atoms with Crippen molar-refractivity contribution in [2.45, 2.75) is 19.6 Å². The van der Waals surface area contributed by atoms with Gasteiger partial charge < -0.3 is 10.2 Å². The third-order valence-electron chi connectivity index (χ3n) is 5.29. The van der Waals surface area contributed by atoms with Gasteiger partial charge in [0.2, 0.25) is 0 Å². The highest BCUT2D eigenvalue weighted by Gasteiger charge is 2.34. The van der Waals surface area contributed by atoms with Crippen LogP contribution in [0.2, 0.25) is 0 Å². The Balaban J connectivity index is 1.81. The monoisotopic (exact) mass is 432 g/mol. The zero-order chi connectivity index (χ0) is 22.6. The minimum Gasteiger partial charge on any atom is -0.322 e. The summed E-state index contributed by atoms with van der Waals surface area (Å²) in [7, 11) is 1.99. The summed E-state index contributed by atoms with van der Waals surface area (Å²) < 4.78 is 41.1. The number of likely N-dealkylation sites (N-methyl/N-ethyl adjacent to an activating group) is 1. The molecule has 7 nitrogen and oxygen atoms in total. The van der Waals surface area contributed by atoms with Gasteiger partial charge in [-0.3, -0.25) is 9.69 Å². The van der Waals surface area contributed by atoms with Crippen LogP contribution in [0.3, 0.4) is 0 Å². The fraction of sp³-hybridized carbons (Fsp3) is 0.381. The number of benzene rings is 2. The maximum atomic E-state index is 13.7. The molecule has 0 atom stereocenters. The molecule has 0 spiro atoms. The molecule has 1 amide bonds. The van der Waals surface area contributed by atoms with E-state index in [1.165, 1.54) is 24.3 Å². The van der Waals surface area contributed by atoms with Gasteiger partial charge in [-0.05, 0) is 54.9 Å². The zero-order valence-electron chi connectivity index (χ0n) is 17.3. The van der Waals surface area contributed by atoms with Crippen molar-refractivity contribution < 1.29 is 18.0 Å². The molecular formula is C21H23F3N6O. The molecule has 0 aliphatic carbocycles. The Morgan fingerprint density at radius 2 is 1.87 bits per heavy atom. The van der Waals surface area contributed by atoms with Gasteiger partial charge in [0.25, 0.3) is 5.91 Å². The van der Waals surface area contributed by atoms with Gasteiger partial charge in [0, 0.05) is 54.6 Å². The molecule has 2 aromatic rings. The number of piperazine rings is 1. The third kappa shape index (κ3) is 5.75. The molecular weight excluding hydrogens is 409 g/mol. The number of hydrogen-bond donors (Lipinski definition) is 1. The quantitative estimate of drug-likeness (QED) is 0.412. The fourth-order valence-electron chi connectivity index (χ4n) is 3.41. The molecule has 1 aliphatic rings. The van der Waals surface area contributed by atoms with E-state index in [9.17, 15) is 18.0 Å². The van der Waals surface area contributed by atoms with Crippen molar-refractivity contribution in [1.29, 1.82) is 0 Å². The summed E-state index contributed by atoms with van der Waals surface area (Å²) in [6.07, 6.45) is -4.54. The molecule has 1 N–H and O–H groups in total. The average Bonchev–Trinajstić information content (AvgIpc) is 2.71. The number of halogens is 3. The van der Waals surface area contributed by atoms with Gasteiger partial charge in [-0.1, -0.05) is 17.2 Å². The fourth-order valence-corrected chi connectivity index (χ4v) is 3.41. The van der Waals surface area contributed by atoms with Crippen molar-refractivity contribution in [2.75, 3.05) is 38.5 Å². The number of amides is 1. The second kappa shape index (κ2) is 9.38. The number of carbonyl (C=O) groups excluding carboxylic acids is 1. The average molecular weight is 432 g/mol. The molecule has 2 aromatic carbocycles. The standard InChI is InChI=1S/C21H23F3N6O/c1-14-3-4-15(11-19(14)27-28-25)20(31)26-17-6-5-16(18(12-17)21(22,23)24)13-30-9-7-29(2)8-10-30/h3-6,11-12H,7-10,13H2,1-2H3,(H,26,31). The van der Waals surface area contributed by atoms with Crippen LogP contribution in [0, 0.1) is 6.92 Å². The number of nitrogens with zero attached hydrogens (tertiary/aromatic N) is 5. The molecule has 0 bridgehead atoms. The summed E-state index contributed by atoms with van der Waals surface area (Å²) in [6.45, 7) is 4.94. The summed E-state index contributed by atoms with van der Waals surface area (Å²) >= 11 is 0. The second-order valence-electron chi connectivity index (χ2n) is 7.59. The highest BCUT2D eigenvalue weighted by molar-refractivity contribution is 6.04. The third-order valence-corrected chi connectivity index (χ3v) is 5.29. The molecule has 31 heavy (non-hydrogen) atoms. The Hall–Kier alpha value is -3.07. The van der Waals surface area contributed by atoms with Crippen molar-refractivity contribution in [2.24, 2.45) is 5.11 Å². The van der Waals surface area contributed by atoms with E-state index in [1.54, 1.807) is 13.0 Å². The van der Waals surface area contributed by atoms with Gasteiger partial charge in [-0.15, -0.1) is 0 Å². The van der Waals surface area contributed by atoms with E-state index in [2.05, 4.69) is 20.2 Å². The molecule has 0 saturated carbocycles. The molecule has 1 heterocycles. The smallest absolute Gasteiger partial charge is 0.322 e. The van der Waals surface area contributed by atoms with E-state index in [0.29, 0.717) is 18.7 Å². The van der Waals surface area contributed by atoms with E-state index in [-0.39, 0.29) is 29.0 Å². The molecule has 1 saturated heterocycles. The molecule has 10 heteroatoms. The molecule has 0 unspecified atom stereocenters. The van der Waals surface area contributed by atoms with Crippen LogP contribution in [0.1, 0.15) is 27.0 Å². The van der Waals surface area contributed by atoms with Crippen LogP contribution in [0.4, 0.5) is 24.5 Å². The Kier molecular flexibility index (Phi) is 6.84. The van der Waals surface area contributed by atoms with Crippen LogP contribution in [0.25, 0.3) is 10.4 Å². The van der Waals surface area contributed by atoms with Gasteiger partial charge in [-0.2, -0.15) is 13.2 Å². The minimum atomic E-state index is -4.54. The molecule has 1 aliphatic heterocycles. The Bertz CT molecular complexity index is 1010. The van der Waals surface area contributed by atoms with Gasteiger partial charge in [0.15, 0.2) is 0 Å². The molecule has 3 rings (SSSR count). The summed E-state index contributed by atoms with van der Waals surface area (Å²) in [6, 6.07) is 8.38. The van der Waals surface area contributed by atoms with Crippen molar-refractivity contribution >= 4 is 17.3 Å². The SMILES string of the molecule is Cc1ccc(C(=O)Nc2ccc(CN3CCN(C)CC3)c(C(F)(F)F)c2)cc1N=[N+]=[N-]. The maximum absolute atomic E-state index is 13.7. The van der Waals surface area contributed by atoms with E-state index >= 15 is 0 Å². The Morgan fingerprint density at radius 1 is 1.16 bits per heavy atom. The highest BCUT2D eigenvalue weighted by Crippen LogP contribution is 2.35. The maximum Gasteiger partial charge on any atom is 0.416 e. The lowest BCUT2D eigenvalue weighted by molar-refractivity contribution is -0.138. The minimum absolute atomic E-state index is 0.0466. The largest absolute Gasteiger partial charge is 0.416 e. The summed E-state index contributed by atoms with van der Waals surface area (Å²) in [5.74, 6) is -0.589. The molecule has 164 valence electrons. The van der Waals surface area contributed by atoms with Gasteiger partial charge >= 0.3 is 6.18 Å². The number of aryl methyl sites for hydroxylation is 1. The van der Waals surface area contributed by atoms with Crippen molar-refractivity contribution in [1.82, 2.24) is 9.80 Å². The molecule has 0 radical (unpaired) electrons. The summed E-state index contributed by atoms with van der Waals surface area (Å²) in [4.78, 5) is 19.4. The molecule has 0 aromatic heterocycles. The Labute approximate surface area is 178 Å².